The van der Waals surface area contributed by atoms with Crippen LogP contribution in [0.4, 0.5) is 0 Å². The van der Waals surface area contributed by atoms with Gasteiger partial charge < -0.3 is 9.80 Å². The molecule has 1 aliphatic rings. The number of hydrogen-bond donors (Lipinski definition) is 0. The second-order valence-corrected chi connectivity index (χ2v) is 9.66. The molecule has 0 fully saturated rings. The van der Waals surface area contributed by atoms with E-state index < -0.39 is 0 Å². The summed E-state index contributed by atoms with van der Waals surface area (Å²) in [6, 6.07) is 10.4. The zero-order valence-electron chi connectivity index (χ0n) is 18.1. The van der Waals surface area contributed by atoms with Gasteiger partial charge in [-0.2, -0.15) is 0 Å². The summed E-state index contributed by atoms with van der Waals surface area (Å²) in [5, 5.41) is 2.12. The van der Waals surface area contributed by atoms with E-state index in [1.165, 1.54) is 21.6 Å². The molecule has 29 heavy (non-hydrogen) atoms. The maximum Gasteiger partial charge on any atom is 0.242 e. The number of fused-ring (bicyclic) bond motifs is 1. The Morgan fingerprint density at radius 3 is 2.52 bits per heavy atom. The topological polar surface area (TPSA) is 40.6 Å². The molecule has 0 saturated carbocycles. The van der Waals surface area contributed by atoms with Gasteiger partial charge in [0.1, 0.15) is 0 Å². The molecular weight excluding hydrogens is 380 g/mol. The van der Waals surface area contributed by atoms with Crippen molar-refractivity contribution in [3.8, 4) is 0 Å². The molecule has 0 spiro atoms. The van der Waals surface area contributed by atoms with Gasteiger partial charge in [-0.15, -0.1) is 11.3 Å². The molecular formula is C24H32N2O2S. The first-order valence-electron chi connectivity index (χ1n) is 10.5. The van der Waals surface area contributed by atoms with E-state index in [0.29, 0.717) is 19.0 Å². The predicted octanol–water partition coefficient (Wildman–Crippen LogP) is 4.67. The molecule has 4 nitrogen and oxygen atoms in total. The van der Waals surface area contributed by atoms with Crippen molar-refractivity contribution in [2.75, 3.05) is 19.6 Å². The molecule has 2 aromatic rings. The summed E-state index contributed by atoms with van der Waals surface area (Å²) in [5.74, 6) is 0.290. The first-order valence-corrected chi connectivity index (χ1v) is 11.4. The summed E-state index contributed by atoms with van der Waals surface area (Å²) >= 11 is 1.77. The summed E-state index contributed by atoms with van der Waals surface area (Å²) in [6.45, 7) is 11.5. The van der Waals surface area contributed by atoms with E-state index in [2.05, 4.69) is 44.4 Å². The zero-order valence-corrected chi connectivity index (χ0v) is 19.0. The van der Waals surface area contributed by atoms with Crippen molar-refractivity contribution in [1.82, 2.24) is 9.80 Å². The Bertz CT molecular complexity index is 871. The number of amides is 2. The van der Waals surface area contributed by atoms with E-state index in [4.69, 9.17) is 0 Å². The molecule has 2 amide bonds. The monoisotopic (exact) mass is 412 g/mol. The van der Waals surface area contributed by atoms with E-state index in [-0.39, 0.29) is 30.3 Å². The molecule has 1 atom stereocenters. The minimum atomic E-state index is -0.112. The summed E-state index contributed by atoms with van der Waals surface area (Å²) < 4.78 is 0. The van der Waals surface area contributed by atoms with Gasteiger partial charge in [-0.3, -0.25) is 9.59 Å². The third-order valence-electron chi connectivity index (χ3n) is 5.49. The Labute approximate surface area is 178 Å². The van der Waals surface area contributed by atoms with Gasteiger partial charge in [-0.1, -0.05) is 52.0 Å². The van der Waals surface area contributed by atoms with E-state index in [1.54, 1.807) is 16.2 Å². The van der Waals surface area contributed by atoms with E-state index >= 15 is 0 Å². The molecule has 2 heterocycles. The molecule has 1 unspecified atom stereocenters. The largest absolute Gasteiger partial charge is 0.333 e. The second kappa shape index (κ2) is 9.12. The molecule has 0 aliphatic carbocycles. The molecule has 156 valence electrons. The number of nitrogens with zero attached hydrogens (tertiary/aromatic N) is 2. The van der Waals surface area contributed by atoms with Gasteiger partial charge in [0.05, 0.1) is 12.6 Å². The van der Waals surface area contributed by atoms with Crippen LogP contribution in [0.2, 0.25) is 0 Å². The van der Waals surface area contributed by atoms with Crippen LogP contribution in [-0.2, 0) is 16.0 Å². The average Bonchev–Trinajstić information content (AvgIpc) is 3.15. The lowest BCUT2D eigenvalue weighted by atomic mass is 9.90. The molecule has 1 aromatic carbocycles. The fraction of sp³-hybridized carbons (Fsp3) is 0.500. The number of rotatable bonds is 6. The third-order valence-corrected chi connectivity index (χ3v) is 6.48. The van der Waals surface area contributed by atoms with Crippen molar-refractivity contribution in [2.24, 2.45) is 11.8 Å². The Hall–Kier alpha value is -2.14. The highest BCUT2D eigenvalue weighted by Crippen LogP contribution is 2.39. The molecule has 3 rings (SSSR count). The third kappa shape index (κ3) is 4.72. The van der Waals surface area contributed by atoms with Gasteiger partial charge in [-0.25, -0.2) is 0 Å². The van der Waals surface area contributed by atoms with Gasteiger partial charge >= 0.3 is 0 Å². The Morgan fingerprint density at radius 1 is 1.14 bits per heavy atom. The predicted molar refractivity (Wildman–Crippen MR) is 119 cm³/mol. The normalized spacial score (nSPS) is 16.2. The molecule has 1 aliphatic heterocycles. The average molecular weight is 413 g/mol. The van der Waals surface area contributed by atoms with Gasteiger partial charge in [0.25, 0.3) is 0 Å². The molecule has 0 saturated heterocycles. The van der Waals surface area contributed by atoms with Crippen LogP contribution in [0.3, 0.4) is 0 Å². The maximum atomic E-state index is 13.5. The maximum absolute atomic E-state index is 13.5. The summed E-state index contributed by atoms with van der Waals surface area (Å²) in [7, 11) is 0. The minimum Gasteiger partial charge on any atom is -0.333 e. The number of carbonyl (C=O) groups excluding carboxylic acids is 2. The van der Waals surface area contributed by atoms with Crippen LogP contribution in [0.1, 0.15) is 55.3 Å². The standard InChI is InChI=1S/C24H32N2O2S/c1-16(2)14-25(24(28)17(3)4)15-22(27)26-12-10-21-20(11-13-29-21)23(26)19-9-7-6-8-18(19)5/h6-9,11,13,16-17,23H,10,12,14-15H2,1-5H3. The van der Waals surface area contributed by atoms with Crippen LogP contribution >= 0.6 is 11.3 Å². The van der Waals surface area contributed by atoms with Crippen LogP contribution in [0.15, 0.2) is 35.7 Å². The van der Waals surface area contributed by atoms with Crippen molar-refractivity contribution < 1.29 is 9.59 Å². The first-order chi connectivity index (χ1) is 13.8. The summed E-state index contributed by atoms with van der Waals surface area (Å²) in [5.41, 5.74) is 3.59. The van der Waals surface area contributed by atoms with Gasteiger partial charge in [-0.05, 0) is 47.4 Å². The van der Waals surface area contributed by atoms with E-state index in [1.807, 2.05) is 30.9 Å². The van der Waals surface area contributed by atoms with Gasteiger partial charge in [0.15, 0.2) is 0 Å². The van der Waals surface area contributed by atoms with Crippen LogP contribution in [0, 0.1) is 18.8 Å². The minimum absolute atomic E-state index is 0.0322. The molecule has 0 bridgehead atoms. The van der Waals surface area contributed by atoms with Crippen molar-refractivity contribution in [3.63, 3.8) is 0 Å². The highest BCUT2D eigenvalue weighted by molar-refractivity contribution is 7.10. The Kier molecular flexibility index (Phi) is 6.78. The number of aryl methyl sites for hydroxylation is 1. The molecule has 5 heteroatoms. The number of benzene rings is 1. The van der Waals surface area contributed by atoms with Crippen molar-refractivity contribution in [3.05, 3.63) is 57.3 Å². The SMILES string of the molecule is Cc1ccccc1C1c2ccsc2CCN1C(=O)CN(CC(C)C)C(=O)C(C)C. The van der Waals surface area contributed by atoms with E-state index in [9.17, 15) is 9.59 Å². The molecule has 0 radical (unpaired) electrons. The quantitative estimate of drug-likeness (QED) is 0.692. The lowest BCUT2D eigenvalue weighted by Crippen LogP contribution is -2.48. The van der Waals surface area contributed by atoms with Crippen LogP contribution in [0.5, 0.6) is 0 Å². The van der Waals surface area contributed by atoms with Crippen LogP contribution in [0.25, 0.3) is 0 Å². The number of hydrogen-bond acceptors (Lipinski definition) is 3. The van der Waals surface area contributed by atoms with Gasteiger partial charge in [0.2, 0.25) is 11.8 Å². The fourth-order valence-corrected chi connectivity index (χ4v) is 5.01. The number of carbonyl (C=O) groups is 2. The first kappa shape index (κ1) is 21.6. The molecule has 0 N–H and O–H groups in total. The Morgan fingerprint density at radius 2 is 1.86 bits per heavy atom. The lowest BCUT2D eigenvalue weighted by Gasteiger charge is -2.38. The highest BCUT2D eigenvalue weighted by Gasteiger charge is 2.34. The summed E-state index contributed by atoms with van der Waals surface area (Å²) in [4.78, 5) is 31.3. The van der Waals surface area contributed by atoms with Crippen LogP contribution in [-0.4, -0.2) is 41.2 Å². The summed E-state index contributed by atoms with van der Waals surface area (Å²) in [6.07, 6.45) is 0.878. The highest BCUT2D eigenvalue weighted by atomic mass is 32.1. The molecule has 1 aromatic heterocycles. The van der Waals surface area contributed by atoms with Gasteiger partial charge in [0, 0.05) is 23.9 Å². The van der Waals surface area contributed by atoms with Crippen molar-refractivity contribution in [1.29, 1.82) is 0 Å². The van der Waals surface area contributed by atoms with Crippen LogP contribution < -0.4 is 0 Å². The van der Waals surface area contributed by atoms with Crippen molar-refractivity contribution in [2.45, 2.75) is 47.1 Å². The number of thiophene rings is 1. The van der Waals surface area contributed by atoms with Crippen molar-refractivity contribution >= 4 is 23.2 Å². The smallest absolute Gasteiger partial charge is 0.242 e. The van der Waals surface area contributed by atoms with E-state index in [0.717, 1.165) is 6.42 Å². The second-order valence-electron chi connectivity index (χ2n) is 8.66. The zero-order chi connectivity index (χ0) is 21.1. The lowest BCUT2D eigenvalue weighted by molar-refractivity contribution is -0.143. The fourth-order valence-electron chi connectivity index (χ4n) is 4.11. The Balaban J connectivity index is 1.92.